The van der Waals surface area contributed by atoms with Gasteiger partial charge in [-0.3, -0.25) is 0 Å². The van der Waals surface area contributed by atoms with Crippen molar-refractivity contribution in [2.45, 2.75) is 45.4 Å². The van der Waals surface area contributed by atoms with Crippen LogP contribution in [0.5, 0.6) is 0 Å². The minimum Gasteiger partial charge on any atom is -0.399 e. The fourth-order valence-corrected chi connectivity index (χ4v) is 2.87. The number of aromatic nitrogens is 2. The minimum atomic E-state index is -0.435. The molecule has 2 aromatic rings. The molecule has 1 fully saturated rings. The first kappa shape index (κ1) is 14.0. The Labute approximate surface area is 123 Å². The van der Waals surface area contributed by atoms with Crippen molar-refractivity contribution in [3.05, 3.63) is 29.8 Å². The Balaban J connectivity index is 1.81. The summed E-state index contributed by atoms with van der Waals surface area (Å²) >= 11 is 0. The van der Waals surface area contributed by atoms with E-state index in [1.54, 1.807) is 12.1 Å². The van der Waals surface area contributed by atoms with Crippen LogP contribution in [0.15, 0.2) is 22.7 Å². The van der Waals surface area contributed by atoms with E-state index in [2.05, 4.69) is 24.0 Å². The largest absolute Gasteiger partial charge is 0.399 e. The van der Waals surface area contributed by atoms with Crippen LogP contribution in [0.25, 0.3) is 11.5 Å². The zero-order chi connectivity index (χ0) is 15.0. The van der Waals surface area contributed by atoms with Crippen molar-refractivity contribution in [3.63, 3.8) is 0 Å². The van der Waals surface area contributed by atoms with E-state index in [0.717, 1.165) is 25.7 Å². The Morgan fingerprint density at radius 3 is 2.67 bits per heavy atom. The number of halogens is 1. The smallest absolute Gasteiger partial charge is 0.260 e. The molecule has 1 aromatic heterocycles. The van der Waals surface area contributed by atoms with E-state index in [1.165, 1.54) is 6.07 Å². The van der Waals surface area contributed by atoms with Gasteiger partial charge in [-0.2, -0.15) is 4.98 Å². The average Bonchev–Trinajstić information content (AvgIpc) is 2.88. The second-order valence-corrected chi connectivity index (χ2v) is 6.64. The molecular formula is C16H20FN3O. The van der Waals surface area contributed by atoms with Gasteiger partial charge in [0.2, 0.25) is 0 Å². The van der Waals surface area contributed by atoms with Gasteiger partial charge in [0.05, 0.1) is 5.56 Å². The minimum absolute atomic E-state index is 0.229. The van der Waals surface area contributed by atoms with Crippen LogP contribution in [0.1, 0.15) is 51.3 Å². The lowest BCUT2D eigenvalue weighted by Crippen LogP contribution is -2.20. The molecule has 1 heterocycles. The summed E-state index contributed by atoms with van der Waals surface area (Å²) in [6, 6.07) is 4.47. The van der Waals surface area contributed by atoms with E-state index in [0.29, 0.717) is 28.4 Å². The first-order valence-corrected chi connectivity index (χ1v) is 7.34. The first-order chi connectivity index (χ1) is 9.94. The van der Waals surface area contributed by atoms with E-state index in [4.69, 9.17) is 10.3 Å². The molecule has 2 N–H and O–H groups in total. The molecule has 0 radical (unpaired) electrons. The molecule has 0 amide bonds. The highest BCUT2D eigenvalue weighted by atomic mass is 19.1. The van der Waals surface area contributed by atoms with Crippen molar-refractivity contribution in [1.29, 1.82) is 0 Å². The van der Waals surface area contributed by atoms with Crippen LogP contribution < -0.4 is 5.73 Å². The van der Waals surface area contributed by atoms with E-state index in [-0.39, 0.29) is 5.89 Å². The molecule has 1 saturated carbocycles. The van der Waals surface area contributed by atoms with Crippen molar-refractivity contribution in [2.24, 2.45) is 5.41 Å². The predicted molar refractivity (Wildman–Crippen MR) is 79.1 cm³/mol. The number of rotatable bonds is 2. The normalized spacial score (nSPS) is 18.8. The van der Waals surface area contributed by atoms with Crippen LogP contribution in [0.2, 0.25) is 0 Å². The SMILES string of the molecule is CC1(C)CCC(c2noc(-c3ccc(N)cc3F)n2)CC1. The Morgan fingerprint density at radius 2 is 2.00 bits per heavy atom. The summed E-state index contributed by atoms with van der Waals surface area (Å²) in [6.45, 7) is 4.57. The summed E-state index contributed by atoms with van der Waals surface area (Å²) in [5.74, 6) is 0.798. The van der Waals surface area contributed by atoms with Gasteiger partial charge in [0.25, 0.3) is 5.89 Å². The Bertz CT molecular complexity index is 641. The lowest BCUT2D eigenvalue weighted by molar-refractivity contribution is 0.218. The van der Waals surface area contributed by atoms with E-state index in [9.17, 15) is 4.39 Å². The molecule has 1 aromatic carbocycles. The van der Waals surface area contributed by atoms with Crippen molar-refractivity contribution in [2.75, 3.05) is 5.73 Å². The third-order valence-corrected chi connectivity index (χ3v) is 4.37. The molecule has 4 nitrogen and oxygen atoms in total. The number of hydrogen-bond donors (Lipinski definition) is 1. The van der Waals surface area contributed by atoms with Gasteiger partial charge in [0, 0.05) is 11.6 Å². The molecule has 0 saturated heterocycles. The Hall–Kier alpha value is -1.91. The summed E-state index contributed by atoms with van der Waals surface area (Å²) in [5, 5.41) is 4.04. The number of anilines is 1. The van der Waals surface area contributed by atoms with Crippen molar-refractivity contribution < 1.29 is 8.91 Å². The van der Waals surface area contributed by atoms with Gasteiger partial charge >= 0.3 is 0 Å². The molecular weight excluding hydrogens is 269 g/mol. The van der Waals surface area contributed by atoms with Gasteiger partial charge in [-0.25, -0.2) is 4.39 Å². The van der Waals surface area contributed by atoms with Crippen LogP contribution >= 0.6 is 0 Å². The molecule has 1 aliphatic carbocycles. The lowest BCUT2D eigenvalue weighted by atomic mass is 9.73. The highest BCUT2D eigenvalue weighted by Gasteiger charge is 2.30. The van der Waals surface area contributed by atoms with Crippen LogP contribution in [-0.2, 0) is 0 Å². The summed E-state index contributed by atoms with van der Waals surface area (Å²) in [4.78, 5) is 4.38. The quantitative estimate of drug-likeness (QED) is 0.844. The molecule has 0 bridgehead atoms. The standard InChI is InChI=1S/C16H20FN3O/c1-16(2)7-5-10(6-8-16)14-19-15(21-20-14)12-4-3-11(18)9-13(12)17/h3-4,9-10H,5-8,18H2,1-2H3. The fraction of sp³-hybridized carbons (Fsp3) is 0.500. The predicted octanol–water partition coefficient (Wildman–Crippen LogP) is 4.14. The Kier molecular flexibility index (Phi) is 3.43. The van der Waals surface area contributed by atoms with Gasteiger partial charge in [0.1, 0.15) is 5.82 Å². The Morgan fingerprint density at radius 1 is 1.29 bits per heavy atom. The number of hydrogen-bond acceptors (Lipinski definition) is 4. The summed E-state index contributed by atoms with van der Waals surface area (Å²) in [7, 11) is 0. The van der Waals surface area contributed by atoms with Crippen molar-refractivity contribution >= 4 is 5.69 Å². The maximum Gasteiger partial charge on any atom is 0.260 e. The van der Waals surface area contributed by atoms with Crippen LogP contribution in [0.4, 0.5) is 10.1 Å². The molecule has 1 aliphatic rings. The molecule has 0 spiro atoms. The van der Waals surface area contributed by atoms with Crippen molar-refractivity contribution in [1.82, 2.24) is 10.1 Å². The molecule has 0 aliphatic heterocycles. The van der Waals surface area contributed by atoms with E-state index < -0.39 is 5.82 Å². The first-order valence-electron chi connectivity index (χ1n) is 7.34. The molecule has 112 valence electrons. The van der Waals surface area contributed by atoms with Crippen LogP contribution in [-0.4, -0.2) is 10.1 Å². The highest BCUT2D eigenvalue weighted by molar-refractivity contribution is 5.58. The third-order valence-electron chi connectivity index (χ3n) is 4.37. The number of benzene rings is 1. The molecule has 0 unspecified atom stereocenters. The molecule has 0 atom stereocenters. The maximum atomic E-state index is 13.9. The third kappa shape index (κ3) is 2.91. The fourth-order valence-electron chi connectivity index (χ4n) is 2.87. The monoisotopic (exact) mass is 289 g/mol. The summed E-state index contributed by atoms with van der Waals surface area (Å²) in [5.41, 5.74) is 6.63. The summed E-state index contributed by atoms with van der Waals surface area (Å²) in [6.07, 6.45) is 4.40. The molecule has 5 heteroatoms. The van der Waals surface area contributed by atoms with Gasteiger partial charge in [0.15, 0.2) is 5.82 Å². The van der Waals surface area contributed by atoms with Gasteiger partial charge in [-0.1, -0.05) is 19.0 Å². The van der Waals surface area contributed by atoms with Gasteiger partial charge < -0.3 is 10.3 Å². The van der Waals surface area contributed by atoms with E-state index in [1.807, 2.05) is 0 Å². The molecule has 21 heavy (non-hydrogen) atoms. The topological polar surface area (TPSA) is 64.9 Å². The van der Waals surface area contributed by atoms with Crippen LogP contribution in [0.3, 0.4) is 0 Å². The number of nitrogen functional groups attached to an aromatic ring is 1. The van der Waals surface area contributed by atoms with Gasteiger partial charge in [-0.05, 0) is 49.3 Å². The van der Waals surface area contributed by atoms with Crippen molar-refractivity contribution in [3.8, 4) is 11.5 Å². The summed E-state index contributed by atoms with van der Waals surface area (Å²) < 4.78 is 19.1. The zero-order valence-corrected chi connectivity index (χ0v) is 12.4. The number of nitrogens with zero attached hydrogens (tertiary/aromatic N) is 2. The highest BCUT2D eigenvalue weighted by Crippen LogP contribution is 2.41. The van der Waals surface area contributed by atoms with Gasteiger partial charge in [-0.15, -0.1) is 0 Å². The second-order valence-electron chi connectivity index (χ2n) is 6.64. The zero-order valence-electron chi connectivity index (χ0n) is 12.4. The lowest BCUT2D eigenvalue weighted by Gasteiger charge is -2.32. The second kappa shape index (κ2) is 5.13. The van der Waals surface area contributed by atoms with E-state index >= 15 is 0 Å². The molecule has 3 rings (SSSR count). The maximum absolute atomic E-state index is 13.9. The average molecular weight is 289 g/mol. The number of nitrogens with two attached hydrogens (primary N) is 1. The van der Waals surface area contributed by atoms with Crippen LogP contribution in [0, 0.1) is 11.2 Å².